The van der Waals surface area contributed by atoms with Crippen molar-refractivity contribution in [2.45, 2.75) is 91.3 Å². The highest BCUT2D eigenvalue weighted by Crippen LogP contribution is 2.32. The van der Waals surface area contributed by atoms with Gasteiger partial charge in [-0.15, -0.1) is 0 Å². The number of aromatic nitrogens is 4. The summed E-state index contributed by atoms with van der Waals surface area (Å²) in [6.45, 7) is 15.9. The molecule has 2 aliphatic rings. The van der Waals surface area contributed by atoms with Gasteiger partial charge in [0.05, 0.1) is 28.9 Å². The summed E-state index contributed by atoms with van der Waals surface area (Å²) in [5.41, 5.74) is 4.10. The van der Waals surface area contributed by atoms with Crippen LogP contribution in [0.1, 0.15) is 81.1 Å². The molecule has 4 heterocycles. The maximum atomic E-state index is 14.6. The lowest BCUT2D eigenvalue weighted by atomic mass is 9.87. The number of hydrogen-bond acceptors (Lipinski definition) is 9. The Morgan fingerprint density at radius 1 is 1.00 bits per heavy atom. The number of nitrogens with one attached hydrogen (secondary N) is 1. The zero-order valence-corrected chi connectivity index (χ0v) is 30.8. The largest absolute Gasteiger partial charge is 0.475 e. The van der Waals surface area contributed by atoms with Gasteiger partial charge in [0.25, 0.3) is 15.9 Å². The molecule has 0 spiro atoms. The average molecular weight is 698 g/mol. The number of anilines is 2. The van der Waals surface area contributed by atoms with Gasteiger partial charge < -0.3 is 14.5 Å². The molecular weight excluding hydrogens is 651 g/mol. The van der Waals surface area contributed by atoms with Crippen molar-refractivity contribution >= 4 is 27.8 Å². The van der Waals surface area contributed by atoms with E-state index in [2.05, 4.69) is 59.2 Å². The van der Waals surface area contributed by atoms with Gasteiger partial charge in [-0.05, 0) is 79.8 Å². The number of sulfonamides is 1. The first-order chi connectivity index (χ1) is 23.7. The summed E-state index contributed by atoms with van der Waals surface area (Å²) < 4.78 is 36.5. The Morgan fingerprint density at radius 3 is 2.46 bits per heavy atom. The lowest BCUT2D eigenvalue weighted by molar-refractivity contribution is 0.0509. The smallest absolute Gasteiger partial charge is 0.264 e. The minimum absolute atomic E-state index is 0.0726. The highest BCUT2D eigenvalue weighted by atomic mass is 32.2. The van der Waals surface area contributed by atoms with Crippen LogP contribution in [0.2, 0.25) is 0 Å². The summed E-state index contributed by atoms with van der Waals surface area (Å²) in [7, 11) is -4.17. The molecule has 50 heavy (non-hydrogen) atoms. The van der Waals surface area contributed by atoms with Crippen molar-refractivity contribution < 1.29 is 17.9 Å². The van der Waals surface area contributed by atoms with E-state index in [9.17, 15) is 13.2 Å². The van der Waals surface area contributed by atoms with Crippen LogP contribution in [0.4, 0.5) is 11.9 Å². The predicted octanol–water partition coefficient (Wildman–Crippen LogP) is 6.82. The monoisotopic (exact) mass is 697 g/mol. The molecule has 11 nitrogen and oxygen atoms in total. The van der Waals surface area contributed by atoms with E-state index in [4.69, 9.17) is 9.72 Å². The van der Waals surface area contributed by atoms with Crippen molar-refractivity contribution in [3.63, 3.8) is 0 Å². The summed E-state index contributed by atoms with van der Waals surface area (Å²) in [6, 6.07) is 15.5. The van der Waals surface area contributed by atoms with Crippen LogP contribution in [0, 0.1) is 25.2 Å². The van der Waals surface area contributed by atoms with Gasteiger partial charge in [-0.25, -0.2) is 28.1 Å². The van der Waals surface area contributed by atoms with E-state index in [0.29, 0.717) is 35.7 Å². The highest BCUT2D eigenvalue weighted by molar-refractivity contribution is 7.92. The minimum atomic E-state index is -4.17. The quantitative estimate of drug-likeness (QED) is 0.231. The molecule has 1 N–H and O–H groups in total. The van der Waals surface area contributed by atoms with Crippen LogP contribution in [0.25, 0.3) is 11.3 Å². The molecule has 0 unspecified atom stereocenters. The first-order valence-electron chi connectivity index (χ1n) is 17.3. The normalized spacial score (nSPS) is 19.3. The van der Waals surface area contributed by atoms with Crippen molar-refractivity contribution in [1.82, 2.24) is 24.8 Å². The Kier molecular flexibility index (Phi) is 9.85. The molecule has 0 aliphatic carbocycles. The van der Waals surface area contributed by atoms with Crippen molar-refractivity contribution in [2.75, 3.05) is 22.8 Å². The standard InChI is InChI=1S/C38H47N7O4S/c1-24(2)32-15-10-18-44(32)37-39-17-16-28(40-37)22-45-29(21-38(5,6)7)23-49-33-20-31(34-25(3)11-8-12-26(34)4)41-36(42-33)43-50(47,48)30-14-9-13-27(19-30)35(45)46/h8-9,11-14,16-17,19-20,24,29,32H,10,15,18,21-23H2,1-7H3,(H,41,42,43)/t29-,32-/m1/s1. The Hall–Kier alpha value is -4.58. The zero-order valence-electron chi connectivity index (χ0n) is 30.0. The number of rotatable bonds is 6. The number of nitrogens with zero attached hydrogens (tertiary/aromatic N) is 6. The molecule has 1 amide bonds. The second-order valence-electron chi connectivity index (χ2n) is 15.0. The number of ether oxygens (including phenoxy) is 1. The van der Waals surface area contributed by atoms with E-state index < -0.39 is 16.1 Å². The molecule has 1 saturated heterocycles. The molecule has 1 fully saturated rings. The zero-order chi connectivity index (χ0) is 35.8. The number of carbonyl (C=O) groups excluding carboxylic acids is 1. The van der Waals surface area contributed by atoms with Gasteiger partial charge in [-0.3, -0.25) is 4.79 Å². The number of fused-ring (bicyclic) bond motifs is 4. The van der Waals surface area contributed by atoms with E-state index in [1.165, 1.54) is 12.1 Å². The molecule has 2 aliphatic heterocycles. The number of carbonyl (C=O) groups is 1. The second kappa shape index (κ2) is 14.0. The number of hydrogen-bond donors (Lipinski definition) is 1. The van der Waals surface area contributed by atoms with Gasteiger partial charge in [0.1, 0.15) is 6.61 Å². The number of amides is 1. The Bertz CT molecular complexity index is 1970. The van der Waals surface area contributed by atoms with Gasteiger partial charge in [0.2, 0.25) is 17.8 Å². The fourth-order valence-electron chi connectivity index (χ4n) is 7.07. The lowest BCUT2D eigenvalue weighted by Gasteiger charge is -2.36. The second-order valence-corrected chi connectivity index (χ2v) is 16.7. The van der Waals surface area contributed by atoms with E-state index >= 15 is 0 Å². The SMILES string of the molecule is Cc1cccc(C)c1-c1cc2nc(n1)NS(=O)(=O)c1cccc(c1)C(=O)N(Cc1ccnc(N3CCC[C@@H]3C(C)C)n1)[C@H](CC(C)(C)C)CO2. The molecule has 264 valence electrons. The van der Waals surface area contributed by atoms with E-state index in [0.717, 1.165) is 36.1 Å². The molecule has 2 aromatic heterocycles. The highest BCUT2D eigenvalue weighted by Gasteiger charge is 2.33. The molecule has 4 bridgehead atoms. The topological polar surface area (TPSA) is 131 Å². The van der Waals surface area contributed by atoms with Crippen molar-refractivity contribution in [1.29, 1.82) is 0 Å². The summed E-state index contributed by atoms with van der Waals surface area (Å²) in [6.07, 6.45) is 4.52. The third-order valence-electron chi connectivity index (χ3n) is 9.39. The molecule has 0 saturated carbocycles. The third-order valence-corrected chi connectivity index (χ3v) is 10.7. The molecule has 4 aromatic rings. The molecule has 6 rings (SSSR count). The third kappa shape index (κ3) is 7.75. The maximum Gasteiger partial charge on any atom is 0.264 e. The molecular formula is C38H47N7O4S. The van der Waals surface area contributed by atoms with Gasteiger partial charge in [-0.2, -0.15) is 4.98 Å². The first-order valence-corrected chi connectivity index (χ1v) is 18.8. The van der Waals surface area contributed by atoms with Crippen LogP contribution < -0.4 is 14.4 Å². The van der Waals surface area contributed by atoms with Crippen molar-refractivity contribution in [2.24, 2.45) is 11.3 Å². The Morgan fingerprint density at radius 2 is 1.74 bits per heavy atom. The van der Waals surface area contributed by atoms with Gasteiger partial charge in [0.15, 0.2) is 0 Å². The van der Waals surface area contributed by atoms with E-state index in [1.54, 1.807) is 29.3 Å². The lowest BCUT2D eigenvalue weighted by Crippen LogP contribution is -2.45. The van der Waals surface area contributed by atoms with Crippen LogP contribution in [0.15, 0.2) is 65.7 Å². The van der Waals surface area contributed by atoms with Crippen LogP contribution in [-0.4, -0.2) is 64.4 Å². The van der Waals surface area contributed by atoms with Gasteiger partial charge in [0, 0.05) is 36.0 Å². The molecule has 2 aromatic carbocycles. The summed E-state index contributed by atoms with van der Waals surface area (Å²) in [4.78, 5) is 37.3. The Labute approximate surface area is 295 Å². The van der Waals surface area contributed by atoms with Crippen LogP contribution in [0.5, 0.6) is 5.88 Å². The van der Waals surface area contributed by atoms with Gasteiger partial charge in [-0.1, -0.05) is 58.9 Å². The van der Waals surface area contributed by atoms with Crippen LogP contribution in [0.3, 0.4) is 0 Å². The van der Waals surface area contributed by atoms with Crippen molar-refractivity contribution in [3.05, 3.63) is 83.2 Å². The fourth-order valence-corrected chi connectivity index (χ4v) is 8.06. The van der Waals surface area contributed by atoms with Crippen LogP contribution >= 0.6 is 0 Å². The fraction of sp³-hybridized carbons (Fsp3) is 0.447. The first kappa shape index (κ1) is 35.3. The average Bonchev–Trinajstić information content (AvgIpc) is 3.55. The summed E-state index contributed by atoms with van der Waals surface area (Å²) in [5, 5.41) is 0. The predicted molar refractivity (Wildman–Crippen MR) is 195 cm³/mol. The number of benzene rings is 2. The summed E-state index contributed by atoms with van der Waals surface area (Å²) in [5.74, 6) is 0.873. The van der Waals surface area contributed by atoms with Crippen LogP contribution in [-0.2, 0) is 16.6 Å². The van der Waals surface area contributed by atoms with E-state index in [1.807, 2.05) is 38.1 Å². The molecule has 0 radical (unpaired) electrons. The van der Waals surface area contributed by atoms with Gasteiger partial charge >= 0.3 is 0 Å². The molecule has 2 atom stereocenters. The minimum Gasteiger partial charge on any atom is -0.475 e. The number of aryl methyl sites for hydroxylation is 2. The van der Waals surface area contributed by atoms with E-state index in [-0.39, 0.29) is 46.8 Å². The molecule has 12 heteroatoms. The summed E-state index contributed by atoms with van der Waals surface area (Å²) >= 11 is 0. The van der Waals surface area contributed by atoms with Crippen molar-refractivity contribution in [3.8, 4) is 17.1 Å². The Balaban J connectivity index is 1.46. The maximum absolute atomic E-state index is 14.6.